The maximum atomic E-state index is 12.7. The first-order valence-electron chi connectivity index (χ1n) is 12.1. The van der Waals surface area contributed by atoms with E-state index in [4.69, 9.17) is 14.7 Å². The fourth-order valence-corrected chi connectivity index (χ4v) is 4.31. The van der Waals surface area contributed by atoms with Gasteiger partial charge in [0.25, 0.3) is 0 Å². The maximum Gasteiger partial charge on any atom is 0.343 e. The lowest BCUT2D eigenvalue weighted by Crippen LogP contribution is -2.47. The molecule has 1 aliphatic rings. The molecular formula is C28H28N6O2. The first kappa shape index (κ1) is 23.4. The van der Waals surface area contributed by atoms with Crippen LogP contribution in [0.1, 0.15) is 23.1 Å². The Balaban J connectivity index is 1.40. The van der Waals surface area contributed by atoms with Crippen molar-refractivity contribution in [3.8, 4) is 22.6 Å². The molecule has 1 aliphatic heterocycles. The molecule has 5 rings (SSSR count). The van der Waals surface area contributed by atoms with Gasteiger partial charge in [0.15, 0.2) is 5.82 Å². The highest BCUT2D eigenvalue weighted by Crippen LogP contribution is 2.27. The van der Waals surface area contributed by atoms with Gasteiger partial charge >= 0.3 is 5.97 Å². The molecule has 1 saturated heterocycles. The van der Waals surface area contributed by atoms with Crippen LogP contribution >= 0.6 is 0 Å². The molecule has 3 heterocycles. The molecule has 0 atom stereocenters. The molecule has 36 heavy (non-hydrogen) atoms. The molecule has 4 aromatic rings. The smallest absolute Gasteiger partial charge is 0.343 e. The van der Waals surface area contributed by atoms with E-state index in [1.165, 1.54) is 0 Å². The van der Waals surface area contributed by atoms with E-state index >= 15 is 0 Å². The molecule has 2 aromatic carbocycles. The Morgan fingerprint density at radius 1 is 0.861 bits per heavy atom. The topological polar surface area (TPSA) is 84.3 Å². The fourth-order valence-electron chi connectivity index (χ4n) is 4.31. The summed E-state index contributed by atoms with van der Waals surface area (Å²) in [6, 6.07) is 21.9. The summed E-state index contributed by atoms with van der Waals surface area (Å²) in [5.41, 5.74) is 3.26. The van der Waals surface area contributed by atoms with Crippen molar-refractivity contribution in [2.75, 3.05) is 42.6 Å². The van der Waals surface area contributed by atoms with Crippen molar-refractivity contribution in [3.63, 3.8) is 0 Å². The summed E-state index contributed by atoms with van der Waals surface area (Å²) < 4.78 is 5.29. The Bertz CT molecular complexity index is 1340. The van der Waals surface area contributed by atoms with Crippen molar-refractivity contribution in [1.82, 2.24) is 19.9 Å². The highest BCUT2D eigenvalue weighted by Gasteiger charge is 2.26. The van der Waals surface area contributed by atoms with Crippen LogP contribution in [0, 0.1) is 6.92 Å². The van der Waals surface area contributed by atoms with Gasteiger partial charge in [0.1, 0.15) is 23.0 Å². The summed E-state index contributed by atoms with van der Waals surface area (Å²) >= 11 is 0. The molecule has 0 unspecified atom stereocenters. The third kappa shape index (κ3) is 5.02. The number of aryl methyl sites for hydroxylation is 1. The average molecular weight is 481 g/mol. The quantitative estimate of drug-likeness (QED) is 0.375. The lowest BCUT2D eigenvalue weighted by molar-refractivity contribution is 0.0526. The van der Waals surface area contributed by atoms with E-state index < -0.39 is 5.97 Å². The van der Waals surface area contributed by atoms with Gasteiger partial charge in [0.2, 0.25) is 0 Å². The Hall–Kier alpha value is -4.33. The summed E-state index contributed by atoms with van der Waals surface area (Å²) in [7, 11) is 0. The second-order valence-electron chi connectivity index (χ2n) is 8.52. The van der Waals surface area contributed by atoms with Crippen molar-refractivity contribution in [2.45, 2.75) is 13.8 Å². The number of anilines is 2. The normalized spacial score (nSPS) is 13.5. The Morgan fingerprint density at radius 2 is 1.50 bits per heavy atom. The first-order chi connectivity index (χ1) is 17.6. The Labute approximate surface area is 210 Å². The lowest BCUT2D eigenvalue weighted by Gasteiger charge is -2.36. The van der Waals surface area contributed by atoms with Crippen LogP contribution in [0.15, 0.2) is 72.9 Å². The number of piperazine rings is 1. The third-order valence-electron chi connectivity index (χ3n) is 6.09. The number of nitrogens with zero attached hydrogens (tertiary/aromatic N) is 6. The molecule has 0 N–H and O–H groups in total. The summed E-state index contributed by atoms with van der Waals surface area (Å²) in [4.78, 5) is 35.7. The van der Waals surface area contributed by atoms with Crippen molar-refractivity contribution >= 4 is 17.6 Å². The highest BCUT2D eigenvalue weighted by atomic mass is 16.5. The zero-order valence-corrected chi connectivity index (χ0v) is 20.5. The second-order valence-corrected chi connectivity index (χ2v) is 8.52. The molecule has 0 spiro atoms. The number of carbonyl (C=O) groups excluding carboxylic acids is 1. The van der Waals surface area contributed by atoms with Crippen LogP contribution in [0.4, 0.5) is 11.6 Å². The second kappa shape index (κ2) is 10.5. The number of aromatic nitrogens is 4. The predicted octanol–water partition coefficient (Wildman–Crippen LogP) is 4.41. The molecule has 0 aliphatic carbocycles. The van der Waals surface area contributed by atoms with Crippen molar-refractivity contribution in [3.05, 3.63) is 84.3 Å². The summed E-state index contributed by atoms with van der Waals surface area (Å²) in [6.45, 7) is 6.84. The molecule has 8 heteroatoms. The van der Waals surface area contributed by atoms with E-state index in [9.17, 15) is 4.79 Å². The standard InChI is InChI=1S/C28H28N6O2/c1-3-36-28(35)23-19-29-26(22-12-8-5-9-13-22)32-27(23)34-16-14-33(15-17-34)25-18-24(30-20(2)31-25)21-10-6-4-7-11-21/h4-13,18-19H,3,14-17H2,1-2H3. The zero-order valence-electron chi connectivity index (χ0n) is 20.5. The van der Waals surface area contributed by atoms with Gasteiger partial charge < -0.3 is 14.5 Å². The van der Waals surface area contributed by atoms with Crippen molar-refractivity contribution in [1.29, 1.82) is 0 Å². The molecule has 0 bridgehead atoms. The Morgan fingerprint density at radius 3 is 2.17 bits per heavy atom. The van der Waals surface area contributed by atoms with E-state index in [-0.39, 0.29) is 0 Å². The summed E-state index contributed by atoms with van der Waals surface area (Å²) in [6.07, 6.45) is 1.58. The minimum Gasteiger partial charge on any atom is -0.462 e. The van der Waals surface area contributed by atoms with Gasteiger partial charge in [-0.25, -0.2) is 24.7 Å². The third-order valence-corrected chi connectivity index (χ3v) is 6.09. The van der Waals surface area contributed by atoms with Gasteiger partial charge in [-0.2, -0.15) is 0 Å². The highest BCUT2D eigenvalue weighted by molar-refractivity contribution is 5.95. The van der Waals surface area contributed by atoms with Gasteiger partial charge in [0.05, 0.1) is 12.3 Å². The number of rotatable bonds is 6. The van der Waals surface area contributed by atoms with Gasteiger partial charge in [-0.3, -0.25) is 0 Å². The van der Waals surface area contributed by atoms with Crippen LogP contribution in [-0.2, 0) is 4.74 Å². The summed E-state index contributed by atoms with van der Waals surface area (Å²) in [5.74, 6) is 2.42. The maximum absolute atomic E-state index is 12.7. The van der Waals surface area contributed by atoms with E-state index in [0.29, 0.717) is 36.9 Å². The molecule has 0 saturated carbocycles. The van der Waals surface area contributed by atoms with E-state index in [1.54, 1.807) is 13.1 Å². The number of hydrogen-bond acceptors (Lipinski definition) is 8. The van der Waals surface area contributed by atoms with Gasteiger partial charge in [-0.1, -0.05) is 60.7 Å². The molecule has 1 fully saturated rings. The number of carbonyl (C=O) groups is 1. The largest absolute Gasteiger partial charge is 0.462 e. The van der Waals surface area contributed by atoms with Crippen LogP contribution in [0.2, 0.25) is 0 Å². The minimum atomic E-state index is -0.409. The van der Waals surface area contributed by atoms with Crippen LogP contribution in [0.25, 0.3) is 22.6 Å². The van der Waals surface area contributed by atoms with Gasteiger partial charge in [0, 0.05) is 49.6 Å². The molecular weight excluding hydrogens is 452 g/mol. The van der Waals surface area contributed by atoms with Crippen LogP contribution < -0.4 is 9.80 Å². The number of hydrogen-bond donors (Lipinski definition) is 0. The monoisotopic (exact) mass is 480 g/mol. The minimum absolute atomic E-state index is 0.295. The van der Waals surface area contributed by atoms with E-state index in [1.807, 2.05) is 61.5 Å². The molecule has 8 nitrogen and oxygen atoms in total. The van der Waals surface area contributed by atoms with Crippen LogP contribution in [-0.4, -0.2) is 58.7 Å². The van der Waals surface area contributed by atoms with E-state index in [2.05, 4.69) is 31.9 Å². The zero-order chi connectivity index (χ0) is 24.9. The summed E-state index contributed by atoms with van der Waals surface area (Å²) in [5, 5.41) is 0. The molecule has 0 amide bonds. The van der Waals surface area contributed by atoms with Crippen molar-refractivity contribution in [2.24, 2.45) is 0 Å². The number of esters is 1. The fraction of sp³-hybridized carbons (Fsp3) is 0.250. The molecule has 2 aromatic heterocycles. The van der Waals surface area contributed by atoms with E-state index in [0.717, 1.165) is 41.6 Å². The molecule has 182 valence electrons. The van der Waals surface area contributed by atoms with Crippen LogP contribution in [0.5, 0.6) is 0 Å². The lowest BCUT2D eigenvalue weighted by atomic mass is 10.1. The number of benzene rings is 2. The average Bonchev–Trinajstić information content (AvgIpc) is 2.93. The Kier molecular flexibility index (Phi) is 6.84. The SMILES string of the molecule is CCOC(=O)c1cnc(-c2ccccc2)nc1N1CCN(c2cc(-c3ccccc3)nc(C)n2)CC1. The first-order valence-corrected chi connectivity index (χ1v) is 12.1. The number of ether oxygens (including phenoxy) is 1. The predicted molar refractivity (Wildman–Crippen MR) is 140 cm³/mol. The van der Waals surface area contributed by atoms with Crippen molar-refractivity contribution < 1.29 is 9.53 Å². The molecule has 0 radical (unpaired) electrons. The van der Waals surface area contributed by atoms with Crippen LogP contribution in [0.3, 0.4) is 0 Å². The van der Waals surface area contributed by atoms with Gasteiger partial charge in [-0.15, -0.1) is 0 Å². The van der Waals surface area contributed by atoms with Gasteiger partial charge in [-0.05, 0) is 13.8 Å².